The van der Waals surface area contributed by atoms with Gasteiger partial charge in [0.15, 0.2) is 0 Å². The molecular weight excluding hydrogens is 324 g/mol. The minimum absolute atomic E-state index is 0.0859. The largest absolute Gasteiger partial charge is 0.355 e. The number of nitrogens with one attached hydrogen (secondary N) is 2. The molecule has 0 aromatic heterocycles. The van der Waals surface area contributed by atoms with Crippen molar-refractivity contribution >= 4 is 23.4 Å². The Morgan fingerprint density at radius 1 is 1.00 bits per heavy atom. The lowest BCUT2D eigenvalue weighted by molar-refractivity contribution is -0.121. The van der Waals surface area contributed by atoms with Gasteiger partial charge in [-0.05, 0) is 23.6 Å². The number of carbonyl (C=O) groups is 2. The number of rotatable bonds is 7. The standard InChI is InChI=1S/C19H21ClN2O2/c1-14(15-7-3-2-4-8-15)13-22-18(23)11-12-21-19(24)16-9-5-6-10-17(16)20/h2-10,14H,11-13H2,1H3,(H,21,24)(H,22,23). The SMILES string of the molecule is CC(CNC(=O)CCNC(=O)c1ccccc1Cl)c1ccccc1. The molecular formula is C19H21ClN2O2. The number of hydrogen-bond donors (Lipinski definition) is 2. The van der Waals surface area contributed by atoms with E-state index in [0.29, 0.717) is 17.1 Å². The fraction of sp³-hybridized carbons (Fsp3) is 0.263. The molecule has 0 radical (unpaired) electrons. The summed E-state index contributed by atoms with van der Waals surface area (Å²) >= 11 is 5.96. The highest BCUT2D eigenvalue weighted by molar-refractivity contribution is 6.33. The molecule has 0 spiro atoms. The lowest BCUT2D eigenvalue weighted by Crippen LogP contribution is -2.32. The molecule has 126 valence electrons. The van der Waals surface area contributed by atoms with E-state index in [-0.39, 0.29) is 30.7 Å². The fourth-order valence-electron chi connectivity index (χ4n) is 2.28. The van der Waals surface area contributed by atoms with Crippen LogP contribution in [0, 0.1) is 0 Å². The van der Waals surface area contributed by atoms with Crippen molar-refractivity contribution in [3.8, 4) is 0 Å². The highest BCUT2D eigenvalue weighted by atomic mass is 35.5. The molecule has 1 atom stereocenters. The minimum Gasteiger partial charge on any atom is -0.355 e. The van der Waals surface area contributed by atoms with E-state index >= 15 is 0 Å². The summed E-state index contributed by atoms with van der Waals surface area (Å²) in [5.41, 5.74) is 1.60. The van der Waals surface area contributed by atoms with Gasteiger partial charge in [0, 0.05) is 19.5 Å². The second kappa shape index (κ2) is 9.08. The van der Waals surface area contributed by atoms with Crippen molar-refractivity contribution in [1.29, 1.82) is 0 Å². The van der Waals surface area contributed by atoms with Crippen LogP contribution in [0.25, 0.3) is 0 Å². The van der Waals surface area contributed by atoms with Gasteiger partial charge in [-0.3, -0.25) is 9.59 Å². The Labute approximate surface area is 147 Å². The summed E-state index contributed by atoms with van der Waals surface area (Å²) in [5.74, 6) is -0.115. The average molecular weight is 345 g/mol. The van der Waals surface area contributed by atoms with Gasteiger partial charge < -0.3 is 10.6 Å². The van der Waals surface area contributed by atoms with Crippen molar-refractivity contribution in [1.82, 2.24) is 10.6 Å². The zero-order valence-corrected chi connectivity index (χ0v) is 14.3. The molecule has 0 fully saturated rings. The Balaban J connectivity index is 1.70. The van der Waals surface area contributed by atoms with Crippen LogP contribution in [-0.2, 0) is 4.79 Å². The maximum atomic E-state index is 12.0. The van der Waals surface area contributed by atoms with Crippen LogP contribution in [0.1, 0.15) is 35.2 Å². The van der Waals surface area contributed by atoms with Crippen molar-refractivity contribution in [3.05, 3.63) is 70.7 Å². The second-order valence-electron chi connectivity index (χ2n) is 5.60. The fourth-order valence-corrected chi connectivity index (χ4v) is 2.51. The average Bonchev–Trinajstić information content (AvgIpc) is 2.60. The van der Waals surface area contributed by atoms with Gasteiger partial charge in [0.25, 0.3) is 5.91 Å². The Bertz CT molecular complexity index is 689. The molecule has 0 aliphatic rings. The highest BCUT2D eigenvalue weighted by Gasteiger charge is 2.10. The third-order valence-electron chi connectivity index (χ3n) is 3.73. The van der Waals surface area contributed by atoms with Gasteiger partial charge in [-0.1, -0.05) is 61.0 Å². The normalized spacial score (nSPS) is 11.6. The zero-order valence-electron chi connectivity index (χ0n) is 13.6. The molecule has 0 aliphatic heterocycles. The first-order chi connectivity index (χ1) is 11.6. The molecule has 2 N–H and O–H groups in total. The molecule has 24 heavy (non-hydrogen) atoms. The van der Waals surface area contributed by atoms with E-state index < -0.39 is 0 Å². The topological polar surface area (TPSA) is 58.2 Å². The Morgan fingerprint density at radius 3 is 2.38 bits per heavy atom. The molecule has 1 unspecified atom stereocenters. The summed E-state index contributed by atoms with van der Waals surface area (Å²) in [6.45, 7) is 2.91. The molecule has 2 amide bonds. The van der Waals surface area contributed by atoms with Gasteiger partial charge in [-0.2, -0.15) is 0 Å². The zero-order chi connectivity index (χ0) is 17.4. The van der Waals surface area contributed by atoms with Crippen LogP contribution in [0.5, 0.6) is 0 Å². The van der Waals surface area contributed by atoms with E-state index in [1.54, 1.807) is 24.3 Å². The van der Waals surface area contributed by atoms with Crippen LogP contribution in [0.4, 0.5) is 0 Å². The van der Waals surface area contributed by atoms with E-state index in [4.69, 9.17) is 11.6 Å². The van der Waals surface area contributed by atoms with Gasteiger partial charge in [0.2, 0.25) is 5.91 Å². The molecule has 0 saturated heterocycles. The van der Waals surface area contributed by atoms with Crippen LogP contribution in [0.3, 0.4) is 0 Å². The van der Waals surface area contributed by atoms with Crippen LogP contribution >= 0.6 is 11.6 Å². The summed E-state index contributed by atoms with van der Waals surface area (Å²) in [7, 11) is 0. The summed E-state index contributed by atoms with van der Waals surface area (Å²) in [4.78, 5) is 23.8. The van der Waals surface area contributed by atoms with Crippen LogP contribution in [0.15, 0.2) is 54.6 Å². The molecule has 0 heterocycles. The summed E-state index contributed by atoms with van der Waals surface area (Å²) in [5, 5.41) is 5.99. The predicted octanol–water partition coefficient (Wildman–Crippen LogP) is 3.38. The van der Waals surface area contributed by atoms with Crippen molar-refractivity contribution in [3.63, 3.8) is 0 Å². The van der Waals surface area contributed by atoms with Crippen LogP contribution in [-0.4, -0.2) is 24.9 Å². The maximum Gasteiger partial charge on any atom is 0.252 e. The van der Waals surface area contributed by atoms with Crippen LogP contribution < -0.4 is 10.6 Å². The molecule has 2 aromatic carbocycles. The smallest absolute Gasteiger partial charge is 0.252 e. The van der Waals surface area contributed by atoms with E-state index in [1.165, 1.54) is 5.56 Å². The van der Waals surface area contributed by atoms with Gasteiger partial charge in [0.1, 0.15) is 0 Å². The van der Waals surface area contributed by atoms with E-state index in [1.807, 2.05) is 30.3 Å². The molecule has 2 aromatic rings. The van der Waals surface area contributed by atoms with Crippen molar-refractivity contribution in [2.24, 2.45) is 0 Å². The minimum atomic E-state index is -0.272. The summed E-state index contributed by atoms with van der Waals surface area (Å²) < 4.78 is 0. The first-order valence-electron chi connectivity index (χ1n) is 7.92. The van der Waals surface area contributed by atoms with E-state index in [2.05, 4.69) is 17.6 Å². The third-order valence-corrected chi connectivity index (χ3v) is 4.06. The Hall–Kier alpha value is -2.33. The number of halogens is 1. The second-order valence-corrected chi connectivity index (χ2v) is 6.01. The first-order valence-corrected chi connectivity index (χ1v) is 8.30. The van der Waals surface area contributed by atoms with Crippen molar-refractivity contribution in [2.45, 2.75) is 19.3 Å². The van der Waals surface area contributed by atoms with Crippen LogP contribution in [0.2, 0.25) is 5.02 Å². The monoisotopic (exact) mass is 344 g/mol. The van der Waals surface area contributed by atoms with E-state index in [0.717, 1.165) is 0 Å². The Morgan fingerprint density at radius 2 is 1.67 bits per heavy atom. The number of amides is 2. The van der Waals surface area contributed by atoms with Crippen molar-refractivity contribution in [2.75, 3.05) is 13.1 Å². The van der Waals surface area contributed by atoms with Gasteiger partial charge in [-0.15, -0.1) is 0 Å². The molecule has 4 nitrogen and oxygen atoms in total. The quantitative estimate of drug-likeness (QED) is 0.809. The van der Waals surface area contributed by atoms with E-state index in [9.17, 15) is 9.59 Å². The summed E-state index contributed by atoms with van der Waals surface area (Å²) in [6.07, 6.45) is 0.234. The summed E-state index contributed by atoms with van der Waals surface area (Å²) in [6, 6.07) is 16.8. The predicted molar refractivity (Wildman–Crippen MR) is 96.3 cm³/mol. The van der Waals surface area contributed by atoms with Gasteiger partial charge in [-0.25, -0.2) is 0 Å². The van der Waals surface area contributed by atoms with Gasteiger partial charge in [0.05, 0.1) is 10.6 Å². The Kier molecular flexibility index (Phi) is 6.82. The number of carbonyl (C=O) groups excluding carboxylic acids is 2. The number of benzene rings is 2. The number of hydrogen-bond acceptors (Lipinski definition) is 2. The molecule has 0 saturated carbocycles. The first kappa shape index (κ1) is 18.0. The molecule has 0 bridgehead atoms. The highest BCUT2D eigenvalue weighted by Crippen LogP contribution is 2.14. The van der Waals surface area contributed by atoms with Crippen molar-refractivity contribution < 1.29 is 9.59 Å². The lowest BCUT2D eigenvalue weighted by atomic mass is 10.0. The molecule has 2 rings (SSSR count). The lowest BCUT2D eigenvalue weighted by Gasteiger charge is -2.13. The third kappa shape index (κ3) is 5.39. The van der Waals surface area contributed by atoms with Gasteiger partial charge >= 0.3 is 0 Å². The maximum absolute atomic E-state index is 12.0. The molecule has 0 aliphatic carbocycles. The molecule has 5 heteroatoms.